The van der Waals surface area contributed by atoms with Gasteiger partial charge in [0, 0.05) is 26.0 Å². The van der Waals surface area contributed by atoms with E-state index in [4.69, 9.17) is 0 Å². The number of esters is 1. The van der Waals surface area contributed by atoms with Gasteiger partial charge in [-0.05, 0) is 18.6 Å². The highest BCUT2D eigenvalue weighted by Gasteiger charge is 2.19. The number of rotatable bonds is 4. The van der Waals surface area contributed by atoms with Gasteiger partial charge in [0.15, 0.2) is 0 Å². The van der Waals surface area contributed by atoms with Gasteiger partial charge < -0.3 is 9.64 Å². The molecular weight excluding hydrogens is 232 g/mol. The first kappa shape index (κ1) is 14.2. The largest absolute Gasteiger partial charge is 0.469 e. The predicted octanol–water partition coefficient (Wildman–Crippen LogP) is 1.27. The van der Waals surface area contributed by atoms with Crippen LogP contribution in [-0.4, -0.2) is 42.5 Å². The molecule has 0 aromatic carbocycles. The molecule has 0 saturated heterocycles. The zero-order valence-corrected chi connectivity index (χ0v) is 11.1. The Morgan fingerprint density at radius 2 is 2.11 bits per heavy atom. The number of pyridine rings is 1. The number of amides is 1. The summed E-state index contributed by atoms with van der Waals surface area (Å²) < 4.78 is 4.63. The lowest BCUT2D eigenvalue weighted by Gasteiger charge is -2.20. The molecule has 1 unspecified atom stereocenters. The Balaban J connectivity index is 2.70. The zero-order valence-electron chi connectivity index (χ0n) is 11.1. The standard InChI is InChI=1S/C13H18N2O3/c1-9-5-11(7-14-6-9)12(16)15(3)8-10(2)13(17)18-4/h5-7,10H,8H2,1-4H3. The molecule has 1 atom stereocenters. The van der Waals surface area contributed by atoms with Gasteiger partial charge in [-0.2, -0.15) is 0 Å². The first-order valence-electron chi connectivity index (χ1n) is 5.70. The highest BCUT2D eigenvalue weighted by atomic mass is 16.5. The predicted molar refractivity (Wildman–Crippen MR) is 67.1 cm³/mol. The minimum Gasteiger partial charge on any atom is -0.469 e. The summed E-state index contributed by atoms with van der Waals surface area (Å²) in [5.74, 6) is -0.819. The molecule has 0 fully saturated rings. The van der Waals surface area contributed by atoms with E-state index in [0.717, 1.165) is 5.56 Å². The van der Waals surface area contributed by atoms with Crippen molar-refractivity contribution < 1.29 is 14.3 Å². The first-order valence-corrected chi connectivity index (χ1v) is 5.70. The Kier molecular flexibility index (Phi) is 4.83. The summed E-state index contributed by atoms with van der Waals surface area (Å²) >= 11 is 0. The van der Waals surface area contributed by atoms with Gasteiger partial charge in [0.1, 0.15) is 0 Å². The lowest BCUT2D eigenvalue weighted by Crippen LogP contribution is -2.34. The molecular formula is C13H18N2O3. The van der Waals surface area contributed by atoms with E-state index in [1.807, 2.05) is 6.92 Å². The van der Waals surface area contributed by atoms with Crippen molar-refractivity contribution >= 4 is 11.9 Å². The van der Waals surface area contributed by atoms with E-state index >= 15 is 0 Å². The summed E-state index contributed by atoms with van der Waals surface area (Å²) in [5, 5.41) is 0. The average Bonchev–Trinajstić information content (AvgIpc) is 2.36. The van der Waals surface area contributed by atoms with Gasteiger partial charge in [0.25, 0.3) is 5.91 Å². The van der Waals surface area contributed by atoms with Crippen molar-refractivity contribution in [3.05, 3.63) is 29.6 Å². The molecule has 5 nitrogen and oxygen atoms in total. The van der Waals surface area contributed by atoms with E-state index in [9.17, 15) is 9.59 Å². The van der Waals surface area contributed by atoms with Crippen molar-refractivity contribution in [2.24, 2.45) is 5.92 Å². The van der Waals surface area contributed by atoms with Crippen LogP contribution in [0.5, 0.6) is 0 Å². The van der Waals surface area contributed by atoms with Gasteiger partial charge in [0.05, 0.1) is 18.6 Å². The molecule has 0 bridgehead atoms. The Morgan fingerprint density at radius 3 is 2.67 bits per heavy atom. The van der Waals surface area contributed by atoms with Crippen molar-refractivity contribution in [3.63, 3.8) is 0 Å². The maximum atomic E-state index is 12.1. The molecule has 0 saturated carbocycles. The molecule has 0 spiro atoms. The third-order valence-electron chi connectivity index (χ3n) is 2.62. The van der Waals surface area contributed by atoms with Gasteiger partial charge in [-0.1, -0.05) is 6.92 Å². The summed E-state index contributed by atoms with van der Waals surface area (Å²) in [6.07, 6.45) is 3.21. The SMILES string of the molecule is COC(=O)C(C)CN(C)C(=O)c1cncc(C)c1. The normalized spacial score (nSPS) is 11.8. The number of ether oxygens (including phenoxy) is 1. The Hall–Kier alpha value is -1.91. The van der Waals surface area contributed by atoms with Crippen molar-refractivity contribution in [1.82, 2.24) is 9.88 Å². The van der Waals surface area contributed by atoms with Crippen molar-refractivity contribution in [2.45, 2.75) is 13.8 Å². The number of hydrogen-bond donors (Lipinski definition) is 0. The van der Waals surface area contributed by atoms with Crippen LogP contribution in [0.3, 0.4) is 0 Å². The van der Waals surface area contributed by atoms with Gasteiger partial charge in [-0.15, -0.1) is 0 Å². The fourth-order valence-corrected chi connectivity index (χ4v) is 1.66. The minimum atomic E-state index is -0.346. The maximum absolute atomic E-state index is 12.1. The quantitative estimate of drug-likeness (QED) is 0.755. The fourth-order valence-electron chi connectivity index (χ4n) is 1.66. The van der Waals surface area contributed by atoms with Gasteiger partial charge in [-0.25, -0.2) is 0 Å². The van der Waals surface area contributed by atoms with Crippen LogP contribution in [0.25, 0.3) is 0 Å². The van der Waals surface area contributed by atoms with E-state index in [-0.39, 0.29) is 17.8 Å². The summed E-state index contributed by atoms with van der Waals surface area (Å²) in [4.78, 5) is 28.8. The number of aromatic nitrogens is 1. The van der Waals surface area contributed by atoms with Gasteiger partial charge in [0.2, 0.25) is 0 Å². The van der Waals surface area contributed by atoms with Crippen LogP contribution in [-0.2, 0) is 9.53 Å². The van der Waals surface area contributed by atoms with Crippen molar-refractivity contribution in [1.29, 1.82) is 0 Å². The molecule has 0 aliphatic carbocycles. The number of nitrogens with zero attached hydrogens (tertiary/aromatic N) is 2. The fraction of sp³-hybridized carbons (Fsp3) is 0.462. The van der Waals surface area contributed by atoms with E-state index in [1.54, 1.807) is 26.2 Å². The summed E-state index contributed by atoms with van der Waals surface area (Å²) in [7, 11) is 3.00. The Labute approximate surface area is 107 Å². The van der Waals surface area contributed by atoms with Gasteiger partial charge in [-0.3, -0.25) is 14.6 Å². The van der Waals surface area contributed by atoms with Crippen LogP contribution in [0.2, 0.25) is 0 Å². The number of carbonyl (C=O) groups excluding carboxylic acids is 2. The van der Waals surface area contributed by atoms with Crippen LogP contribution < -0.4 is 0 Å². The van der Waals surface area contributed by atoms with E-state index < -0.39 is 0 Å². The third-order valence-corrected chi connectivity index (χ3v) is 2.62. The second-order valence-corrected chi connectivity index (χ2v) is 4.36. The Bertz CT molecular complexity index is 446. The summed E-state index contributed by atoms with van der Waals surface area (Å²) in [6, 6.07) is 1.77. The lowest BCUT2D eigenvalue weighted by molar-refractivity contribution is -0.145. The third kappa shape index (κ3) is 3.55. The van der Waals surface area contributed by atoms with E-state index in [0.29, 0.717) is 12.1 Å². The molecule has 5 heteroatoms. The van der Waals surface area contributed by atoms with Crippen molar-refractivity contribution in [3.8, 4) is 0 Å². The molecule has 18 heavy (non-hydrogen) atoms. The molecule has 1 aromatic heterocycles. The van der Waals surface area contributed by atoms with Crippen LogP contribution in [0.15, 0.2) is 18.5 Å². The molecule has 0 aliphatic heterocycles. The topological polar surface area (TPSA) is 59.5 Å². The molecule has 1 aromatic rings. The maximum Gasteiger partial charge on any atom is 0.310 e. The highest BCUT2D eigenvalue weighted by molar-refractivity contribution is 5.94. The molecule has 0 N–H and O–H groups in total. The van der Waals surface area contributed by atoms with Crippen LogP contribution in [0.1, 0.15) is 22.8 Å². The van der Waals surface area contributed by atoms with Crippen molar-refractivity contribution in [2.75, 3.05) is 20.7 Å². The number of methoxy groups -OCH3 is 1. The van der Waals surface area contributed by atoms with E-state index in [2.05, 4.69) is 9.72 Å². The smallest absolute Gasteiger partial charge is 0.310 e. The van der Waals surface area contributed by atoms with E-state index in [1.165, 1.54) is 18.2 Å². The summed E-state index contributed by atoms with van der Waals surface area (Å²) in [6.45, 7) is 3.92. The number of carbonyl (C=O) groups is 2. The first-order chi connectivity index (χ1) is 8.45. The minimum absolute atomic E-state index is 0.151. The second-order valence-electron chi connectivity index (χ2n) is 4.36. The van der Waals surface area contributed by atoms with Crippen LogP contribution in [0.4, 0.5) is 0 Å². The van der Waals surface area contributed by atoms with Crippen LogP contribution >= 0.6 is 0 Å². The Morgan fingerprint density at radius 1 is 1.44 bits per heavy atom. The highest BCUT2D eigenvalue weighted by Crippen LogP contribution is 2.07. The number of aryl methyl sites for hydroxylation is 1. The number of hydrogen-bond acceptors (Lipinski definition) is 4. The molecule has 1 rings (SSSR count). The second kappa shape index (κ2) is 6.14. The zero-order chi connectivity index (χ0) is 13.7. The monoisotopic (exact) mass is 250 g/mol. The van der Waals surface area contributed by atoms with Gasteiger partial charge >= 0.3 is 5.97 Å². The average molecular weight is 250 g/mol. The molecule has 98 valence electrons. The van der Waals surface area contributed by atoms with Crippen LogP contribution in [0, 0.1) is 12.8 Å². The summed E-state index contributed by atoms with van der Waals surface area (Å²) in [5.41, 5.74) is 1.45. The lowest BCUT2D eigenvalue weighted by atomic mass is 10.1. The molecule has 0 radical (unpaired) electrons. The molecule has 1 heterocycles. The molecule has 0 aliphatic rings. The molecule has 1 amide bonds.